The van der Waals surface area contributed by atoms with E-state index >= 15 is 0 Å². The van der Waals surface area contributed by atoms with E-state index in [0.29, 0.717) is 17.7 Å². The summed E-state index contributed by atoms with van der Waals surface area (Å²) >= 11 is 8.20. The number of hydrogen-bond donors (Lipinski definition) is 1. The molecule has 1 N–H and O–H groups in total. The van der Waals surface area contributed by atoms with E-state index in [1.54, 1.807) is 29.5 Å². The zero-order chi connectivity index (χ0) is 17.3. The molecule has 2 aromatic rings. The van der Waals surface area contributed by atoms with Crippen LogP contribution in [0.2, 0.25) is 0 Å². The van der Waals surface area contributed by atoms with E-state index in [4.69, 9.17) is 0 Å². The Bertz CT molecular complexity index is 834. The third-order valence-electron chi connectivity index (χ3n) is 3.58. The first-order valence-electron chi connectivity index (χ1n) is 7.12. The third kappa shape index (κ3) is 3.60. The van der Waals surface area contributed by atoms with Gasteiger partial charge in [0.25, 0.3) is 11.8 Å². The molecule has 124 valence electrons. The first kappa shape index (κ1) is 17.3. The molecule has 0 saturated heterocycles. The Morgan fingerprint density at radius 1 is 1.08 bits per heavy atom. The van der Waals surface area contributed by atoms with Gasteiger partial charge in [-0.05, 0) is 46.3 Å². The average molecular weight is 472 g/mol. The predicted octanol–water partition coefficient (Wildman–Crippen LogP) is 3.58. The molecule has 5 nitrogen and oxygen atoms in total. The number of amides is 3. The second-order valence-corrected chi connectivity index (χ2v) is 8.65. The standard InChI is InChI=1S/C16H12Br2N2O3S/c17-9-1-3-11-12(7-9)16(23)20(15(11)22)6-5-14(21)19-8-10-2-4-13(18)24-10/h1-4,7H,5-6,8H2,(H,19,21). The average Bonchev–Trinajstić information content (AvgIpc) is 3.06. The predicted molar refractivity (Wildman–Crippen MR) is 98.0 cm³/mol. The maximum absolute atomic E-state index is 12.3. The molecule has 0 unspecified atom stereocenters. The van der Waals surface area contributed by atoms with Crippen molar-refractivity contribution in [3.05, 3.63) is 54.6 Å². The smallest absolute Gasteiger partial charge is 0.261 e. The van der Waals surface area contributed by atoms with Crippen LogP contribution in [-0.4, -0.2) is 29.2 Å². The van der Waals surface area contributed by atoms with Gasteiger partial charge in [-0.3, -0.25) is 19.3 Å². The lowest BCUT2D eigenvalue weighted by molar-refractivity contribution is -0.121. The molecule has 0 atom stereocenters. The molecule has 1 aromatic heterocycles. The molecule has 0 saturated carbocycles. The summed E-state index contributed by atoms with van der Waals surface area (Å²) in [6.45, 7) is 0.508. The van der Waals surface area contributed by atoms with Crippen molar-refractivity contribution in [3.63, 3.8) is 0 Å². The number of carbonyl (C=O) groups excluding carboxylic acids is 3. The van der Waals surface area contributed by atoms with Crippen molar-refractivity contribution < 1.29 is 14.4 Å². The van der Waals surface area contributed by atoms with Crippen molar-refractivity contribution >= 4 is 60.9 Å². The van der Waals surface area contributed by atoms with Gasteiger partial charge in [-0.15, -0.1) is 11.3 Å². The number of hydrogen-bond acceptors (Lipinski definition) is 4. The van der Waals surface area contributed by atoms with Crippen LogP contribution in [0, 0.1) is 0 Å². The largest absolute Gasteiger partial charge is 0.351 e. The number of carbonyl (C=O) groups is 3. The molecule has 1 aromatic carbocycles. The molecule has 3 amide bonds. The number of benzene rings is 1. The maximum atomic E-state index is 12.3. The van der Waals surface area contributed by atoms with Crippen LogP contribution in [0.1, 0.15) is 32.0 Å². The molecule has 8 heteroatoms. The highest BCUT2D eigenvalue weighted by Crippen LogP contribution is 2.26. The Hall–Kier alpha value is -1.51. The topological polar surface area (TPSA) is 66.5 Å². The minimum Gasteiger partial charge on any atom is -0.351 e. The molecule has 1 aliphatic rings. The van der Waals surface area contributed by atoms with Crippen molar-refractivity contribution in [1.29, 1.82) is 0 Å². The summed E-state index contributed by atoms with van der Waals surface area (Å²) in [6.07, 6.45) is 0.0825. The normalized spacial score (nSPS) is 13.3. The number of fused-ring (bicyclic) bond motifs is 1. The van der Waals surface area contributed by atoms with Crippen LogP contribution in [0.15, 0.2) is 38.6 Å². The Balaban J connectivity index is 1.56. The third-order valence-corrected chi connectivity index (χ3v) is 5.70. The monoisotopic (exact) mass is 470 g/mol. The summed E-state index contributed by atoms with van der Waals surface area (Å²) in [5.74, 6) is -0.902. The van der Waals surface area contributed by atoms with Crippen molar-refractivity contribution in [3.8, 4) is 0 Å². The number of thiophene rings is 1. The van der Waals surface area contributed by atoms with E-state index in [-0.39, 0.29) is 30.7 Å². The van der Waals surface area contributed by atoms with E-state index in [1.165, 1.54) is 0 Å². The van der Waals surface area contributed by atoms with Gasteiger partial charge in [0.2, 0.25) is 5.91 Å². The summed E-state index contributed by atoms with van der Waals surface area (Å²) in [4.78, 5) is 38.7. The van der Waals surface area contributed by atoms with Gasteiger partial charge in [0, 0.05) is 22.3 Å². The lowest BCUT2D eigenvalue weighted by Crippen LogP contribution is -2.34. The highest BCUT2D eigenvalue weighted by Gasteiger charge is 2.35. The number of halogens is 2. The Kier molecular flexibility index (Phi) is 5.17. The quantitative estimate of drug-likeness (QED) is 0.677. The first-order valence-corrected chi connectivity index (χ1v) is 9.52. The zero-order valence-corrected chi connectivity index (χ0v) is 16.3. The van der Waals surface area contributed by atoms with Gasteiger partial charge in [-0.25, -0.2) is 0 Å². The van der Waals surface area contributed by atoms with Gasteiger partial charge >= 0.3 is 0 Å². The van der Waals surface area contributed by atoms with Gasteiger partial charge in [-0.2, -0.15) is 0 Å². The minimum absolute atomic E-state index is 0.0733. The highest BCUT2D eigenvalue weighted by atomic mass is 79.9. The second kappa shape index (κ2) is 7.16. The van der Waals surface area contributed by atoms with Gasteiger partial charge in [0.05, 0.1) is 21.5 Å². The van der Waals surface area contributed by atoms with Gasteiger partial charge in [0.1, 0.15) is 0 Å². The summed E-state index contributed by atoms with van der Waals surface area (Å²) in [5.41, 5.74) is 0.755. The minimum atomic E-state index is -0.355. The van der Waals surface area contributed by atoms with E-state index < -0.39 is 0 Å². The first-order chi connectivity index (χ1) is 11.5. The Morgan fingerprint density at radius 2 is 1.83 bits per heavy atom. The van der Waals surface area contributed by atoms with Crippen LogP contribution in [0.3, 0.4) is 0 Å². The van der Waals surface area contributed by atoms with Crippen LogP contribution < -0.4 is 5.32 Å². The molecule has 24 heavy (non-hydrogen) atoms. The molecule has 0 bridgehead atoms. The summed E-state index contributed by atoms with van der Waals surface area (Å²) in [7, 11) is 0. The van der Waals surface area contributed by atoms with E-state index in [2.05, 4.69) is 37.2 Å². The molecule has 0 fully saturated rings. The van der Waals surface area contributed by atoms with Gasteiger partial charge in [0.15, 0.2) is 0 Å². The van der Waals surface area contributed by atoms with Crippen LogP contribution in [0.4, 0.5) is 0 Å². The molecular formula is C16H12Br2N2O3S. The number of nitrogens with one attached hydrogen (secondary N) is 1. The lowest BCUT2D eigenvalue weighted by atomic mass is 10.1. The fourth-order valence-corrected chi connectivity index (χ4v) is 4.18. The van der Waals surface area contributed by atoms with Crippen LogP contribution in [0.5, 0.6) is 0 Å². The number of nitrogens with zero attached hydrogens (tertiary/aromatic N) is 1. The van der Waals surface area contributed by atoms with Gasteiger partial charge in [-0.1, -0.05) is 15.9 Å². The van der Waals surface area contributed by atoms with Crippen molar-refractivity contribution in [2.45, 2.75) is 13.0 Å². The fraction of sp³-hybridized carbons (Fsp3) is 0.188. The van der Waals surface area contributed by atoms with Crippen molar-refractivity contribution in [1.82, 2.24) is 10.2 Å². The fourth-order valence-electron chi connectivity index (χ4n) is 2.40. The summed E-state index contributed by atoms with van der Waals surface area (Å²) < 4.78 is 1.74. The molecule has 0 aliphatic carbocycles. The van der Waals surface area contributed by atoms with E-state index in [9.17, 15) is 14.4 Å². The molecule has 1 aliphatic heterocycles. The van der Waals surface area contributed by atoms with Gasteiger partial charge < -0.3 is 5.32 Å². The number of rotatable bonds is 5. The highest BCUT2D eigenvalue weighted by molar-refractivity contribution is 9.11. The summed E-state index contributed by atoms with van der Waals surface area (Å²) in [6, 6.07) is 8.82. The molecule has 3 rings (SSSR count). The van der Waals surface area contributed by atoms with Crippen molar-refractivity contribution in [2.24, 2.45) is 0 Å². The van der Waals surface area contributed by atoms with E-state index in [1.807, 2.05) is 12.1 Å². The molecule has 2 heterocycles. The Morgan fingerprint density at radius 3 is 2.54 bits per heavy atom. The number of imide groups is 1. The lowest BCUT2D eigenvalue weighted by Gasteiger charge is -2.13. The Labute approximate surface area is 159 Å². The maximum Gasteiger partial charge on any atom is 0.261 e. The molecular weight excluding hydrogens is 460 g/mol. The van der Waals surface area contributed by atoms with Crippen LogP contribution in [0.25, 0.3) is 0 Å². The second-order valence-electron chi connectivity index (χ2n) is 5.18. The zero-order valence-electron chi connectivity index (χ0n) is 12.3. The SMILES string of the molecule is O=C(CCN1C(=O)c2ccc(Br)cc2C1=O)NCc1ccc(Br)s1. The van der Waals surface area contributed by atoms with Crippen LogP contribution >= 0.6 is 43.2 Å². The molecule has 0 spiro atoms. The van der Waals surface area contributed by atoms with E-state index in [0.717, 1.165) is 18.0 Å². The molecule has 0 radical (unpaired) electrons. The summed E-state index contributed by atoms with van der Waals surface area (Å²) in [5, 5.41) is 2.79. The van der Waals surface area contributed by atoms with Crippen molar-refractivity contribution in [2.75, 3.05) is 6.54 Å². The van der Waals surface area contributed by atoms with Crippen LogP contribution in [-0.2, 0) is 11.3 Å².